The highest BCUT2D eigenvalue weighted by molar-refractivity contribution is 7.14. The third-order valence-electron chi connectivity index (χ3n) is 3.19. The zero-order chi connectivity index (χ0) is 13.1. The van der Waals surface area contributed by atoms with E-state index >= 15 is 0 Å². The lowest BCUT2D eigenvalue weighted by Gasteiger charge is -1.99. The Bertz CT molecular complexity index is 548. The molecule has 0 amide bonds. The molecule has 0 unspecified atom stereocenters. The summed E-state index contributed by atoms with van der Waals surface area (Å²) in [4.78, 5) is 4.20. The molecule has 0 aliphatic heterocycles. The van der Waals surface area contributed by atoms with E-state index in [4.69, 9.17) is 0 Å². The first-order valence-corrected chi connectivity index (χ1v) is 7.62. The topological polar surface area (TPSA) is 50.7 Å². The quantitative estimate of drug-likeness (QED) is 0.823. The third kappa shape index (κ3) is 3.58. The molecule has 1 N–H and O–H groups in total. The second-order valence-electron chi connectivity index (χ2n) is 5.02. The predicted octanol–water partition coefficient (Wildman–Crippen LogP) is 2.59. The highest BCUT2D eigenvalue weighted by Gasteiger charge is 2.19. The van der Waals surface area contributed by atoms with Crippen molar-refractivity contribution in [3.63, 3.8) is 0 Å². The van der Waals surface area contributed by atoms with Crippen LogP contribution in [-0.2, 0) is 6.42 Å². The molecule has 0 radical (unpaired) electrons. The summed E-state index contributed by atoms with van der Waals surface area (Å²) in [5.74, 6) is 0. The summed E-state index contributed by atoms with van der Waals surface area (Å²) in [5.41, 5.74) is 2.13. The Balaban J connectivity index is 1.56. The zero-order valence-electron chi connectivity index (χ0n) is 11.1. The average Bonchev–Trinajstić information content (AvgIpc) is 3.11. The molecule has 3 rings (SSSR count). The number of aromatic nitrogens is 3. The molecular formula is C14H18N4S. The summed E-state index contributed by atoms with van der Waals surface area (Å²) in [5, 5.41) is 14.2. The number of hydrogen-bond donors (Lipinski definition) is 1. The molecule has 2 heterocycles. The van der Waals surface area contributed by atoms with Gasteiger partial charge in [-0.25, -0.2) is 0 Å². The predicted molar refractivity (Wildman–Crippen MR) is 77.2 cm³/mol. The number of nitrogens with zero attached hydrogens (tertiary/aromatic N) is 3. The van der Waals surface area contributed by atoms with Gasteiger partial charge in [0.25, 0.3) is 0 Å². The van der Waals surface area contributed by atoms with Gasteiger partial charge < -0.3 is 5.32 Å². The Kier molecular flexibility index (Phi) is 3.84. The van der Waals surface area contributed by atoms with Crippen molar-refractivity contribution < 1.29 is 0 Å². The molecule has 0 spiro atoms. The first kappa shape index (κ1) is 12.7. The molecule has 19 heavy (non-hydrogen) atoms. The van der Waals surface area contributed by atoms with Gasteiger partial charge in [0.15, 0.2) is 0 Å². The van der Waals surface area contributed by atoms with E-state index < -0.39 is 0 Å². The first-order chi connectivity index (χ1) is 9.31. The molecule has 100 valence electrons. The molecular weight excluding hydrogens is 256 g/mol. The van der Waals surface area contributed by atoms with Gasteiger partial charge in [-0.05, 0) is 44.9 Å². The van der Waals surface area contributed by atoms with Crippen molar-refractivity contribution in [3.05, 3.63) is 29.0 Å². The number of nitrogens with one attached hydrogen (secondary N) is 1. The van der Waals surface area contributed by atoms with Crippen LogP contribution in [0.1, 0.15) is 30.0 Å². The van der Waals surface area contributed by atoms with Gasteiger partial charge in [0.05, 0.1) is 0 Å². The van der Waals surface area contributed by atoms with Crippen molar-refractivity contribution in [2.75, 3.05) is 6.54 Å². The molecule has 1 aliphatic rings. The minimum atomic E-state index is 0.796. The van der Waals surface area contributed by atoms with Crippen molar-refractivity contribution in [2.24, 2.45) is 0 Å². The monoisotopic (exact) mass is 274 g/mol. The van der Waals surface area contributed by atoms with E-state index in [1.807, 2.05) is 19.2 Å². The molecule has 1 fully saturated rings. The van der Waals surface area contributed by atoms with Gasteiger partial charge in [-0.3, -0.25) is 4.98 Å². The van der Waals surface area contributed by atoms with Crippen LogP contribution in [0.5, 0.6) is 0 Å². The molecule has 0 aromatic carbocycles. The lowest BCUT2D eigenvalue weighted by molar-refractivity contribution is 0.643. The Morgan fingerprint density at radius 3 is 3.05 bits per heavy atom. The lowest BCUT2D eigenvalue weighted by Crippen LogP contribution is -2.17. The molecule has 2 aromatic rings. The average molecular weight is 274 g/mol. The minimum absolute atomic E-state index is 0.796. The number of pyridine rings is 1. The molecule has 2 aromatic heterocycles. The Morgan fingerprint density at radius 2 is 2.26 bits per heavy atom. The zero-order valence-corrected chi connectivity index (χ0v) is 11.9. The summed E-state index contributed by atoms with van der Waals surface area (Å²) in [7, 11) is 0. The van der Waals surface area contributed by atoms with E-state index in [0.29, 0.717) is 0 Å². The second-order valence-corrected chi connectivity index (χ2v) is 6.08. The van der Waals surface area contributed by atoms with E-state index in [1.165, 1.54) is 12.8 Å². The van der Waals surface area contributed by atoms with Gasteiger partial charge in [0.2, 0.25) is 0 Å². The summed E-state index contributed by atoms with van der Waals surface area (Å²) in [6.45, 7) is 3.09. The summed E-state index contributed by atoms with van der Waals surface area (Å²) in [6, 6.07) is 4.84. The van der Waals surface area contributed by atoms with Crippen molar-refractivity contribution in [3.8, 4) is 10.6 Å². The summed E-state index contributed by atoms with van der Waals surface area (Å²) >= 11 is 1.69. The van der Waals surface area contributed by atoms with Crippen molar-refractivity contribution in [1.82, 2.24) is 20.5 Å². The molecule has 0 atom stereocenters. The van der Waals surface area contributed by atoms with Crippen LogP contribution >= 0.6 is 11.3 Å². The fourth-order valence-corrected chi connectivity index (χ4v) is 2.86. The number of rotatable bonds is 6. The van der Waals surface area contributed by atoms with Gasteiger partial charge >= 0.3 is 0 Å². The van der Waals surface area contributed by atoms with Gasteiger partial charge in [0.1, 0.15) is 10.0 Å². The van der Waals surface area contributed by atoms with E-state index in [-0.39, 0.29) is 0 Å². The maximum Gasteiger partial charge on any atom is 0.147 e. The summed E-state index contributed by atoms with van der Waals surface area (Å²) in [6.07, 6.45) is 6.68. The van der Waals surface area contributed by atoms with Crippen molar-refractivity contribution in [2.45, 2.75) is 38.6 Å². The Hall–Kier alpha value is -1.33. The third-order valence-corrected chi connectivity index (χ3v) is 4.22. The van der Waals surface area contributed by atoms with Gasteiger partial charge in [-0.1, -0.05) is 11.3 Å². The van der Waals surface area contributed by atoms with Gasteiger partial charge in [-0.15, -0.1) is 10.2 Å². The second kappa shape index (κ2) is 5.75. The van der Waals surface area contributed by atoms with E-state index in [9.17, 15) is 0 Å². The SMILES string of the molecule is Cc1cc(-c2nnc(CCCNC3CC3)s2)ccn1. The van der Waals surface area contributed by atoms with Gasteiger partial charge in [-0.2, -0.15) is 0 Å². The summed E-state index contributed by atoms with van der Waals surface area (Å²) < 4.78 is 0. The van der Waals surface area contributed by atoms with Crippen LogP contribution in [0.2, 0.25) is 0 Å². The molecule has 5 heteroatoms. The highest BCUT2D eigenvalue weighted by Crippen LogP contribution is 2.24. The first-order valence-electron chi connectivity index (χ1n) is 6.80. The normalized spacial score (nSPS) is 14.8. The minimum Gasteiger partial charge on any atom is -0.314 e. The van der Waals surface area contributed by atoms with Crippen LogP contribution in [-0.4, -0.2) is 27.8 Å². The van der Waals surface area contributed by atoms with Crippen molar-refractivity contribution in [1.29, 1.82) is 0 Å². The number of hydrogen-bond acceptors (Lipinski definition) is 5. The van der Waals surface area contributed by atoms with Crippen LogP contribution in [0.4, 0.5) is 0 Å². The Morgan fingerprint density at radius 1 is 1.37 bits per heavy atom. The van der Waals surface area contributed by atoms with E-state index in [2.05, 4.69) is 26.6 Å². The largest absolute Gasteiger partial charge is 0.314 e. The van der Waals surface area contributed by atoms with Crippen LogP contribution in [0, 0.1) is 6.92 Å². The molecule has 4 nitrogen and oxygen atoms in total. The maximum atomic E-state index is 4.27. The van der Waals surface area contributed by atoms with Crippen LogP contribution in [0.15, 0.2) is 18.3 Å². The van der Waals surface area contributed by atoms with E-state index in [1.54, 1.807) is 11.3 Å². The van der Waals surface area contributed by atoms with Gasteiger partial charge in [0, 0.05) is 29.9 Å². The van der Waals surface area contributed by atoms with E-state index in [0.717, 1.165) is 46.7 Å². The lowest BCUT2D eigenvalue weighted by atomic mass is 10.2. The standard InChI is InChI=1S/C14H18N4S/c1-10-9-11(6-8-15-10)14-18-17-13(19-14)3-2-7-16-12-4-5-12/h6,8-9,12,16H,2-5,7H2,1H3. The smallest absolute Gasteiger partial charge is 0.147 e. The molecule has 1 aliphatic carbocycles. The van der Waals surface area contributed by atoms with Crippen LogP contribution in [0.3, 0.4) is 0 Å². The van der Waals surface area contributed by atoms with Crippen molar-refractivity contribution >= 4 is 11.3 Å². The fourth-order valence-electron chi connectivity index (χ4n) is 1.98. The molecule has 0 saturated heterocycles. The maximum absolute atomic E-state index is 4.27. The fraction of sp³-hybridized carbons (Fsp3) is 0.500. The highest BCUT2D eigenvalue weighted by atomic mass is 32.1. The Labute approximate surface area is 117 Å². The van der Waals surface area contributed by atoms with Crippen LogP contribution in [0.25, 0.3) is 10.6 Å². The number of aryl methyl sites for hydroxylation is 2. The molecule has 1 saturated carbocycles. The molecule has 0 bridgehead atoms. The van der Waals surface area contributed by atoms with Crippen LogP contribution < -0.4 is 5.32 Å².